The fourth-order valence-corrected chi connectivity index (χ4v) is 1.83. The first-order valence-corrected chi connectivity index (χ1v) is 6.09. The highest BCUT2D eigenvalue weighted by Gasteiger charge is 2.10. The van der Waals surface area contributed by atoms with Crippen LogP contribution in [0.25, 0.3) is 10.8 Å². The summed E-state index contributed by atoms with van der Waals surface area (Å²) in [5.41, 5.74) is 0.0766. The van der Waals surface area contributed by atoms with E-state index in [9.17, 15) is 4.79 Å². The molecule has 0 amide bonds. The Bertz CT molecular complexity index is 567. The number of hydrogen-bond acceptors (Lipinski definition) is 3. The van der Waals surface area contributed by atoms with Gasteiger partial charge in [-0.25, -0.2) is 9.78 Å². The largest absolute Gasteiger partial charge is 0.477 e. The molecule has 18 heavy (non-hydrogen) atoms. The average molecular weight is 244 g/mol. The number of rotatable bonds is 5. The first-order chi connectivity index (χ1) is 8.72. The van der Waals surface area contributed by atoms with Crippen molar-refractivity contribution >= 4 is 22.6 Å². The minimum atomic E-state index is -1.00. The van der Waals surface area contributed by atoms with E-state index in [0.29, 0.717) is 5.82 Å². The zero-order valence-electron chi connectivity index (χ0n) is 10.3. The zero-order chi connectivity index (χ0) is 13.0. The summed E-state index contributed by atoms with van der Waals surface area (Å²) >= 11 is 0. The molecule has 0 saturated carbocycles. The Hall–Kier alpha value is -2.10. The van der Waals surface area contributed by atoms with Crippen molar-refractivity contribution in [2.24, 2.45) is 0 Å². The number of carboxylic acid groups (broad SMARTS) is 1. The third-order valence-electron chi connectivity index (χ3n) is 2.78. The van der Waals surface area contributed by atoms with Gasteiger partial charge in [0.15, 0.2) is 5.69 Å². The Morgan fingerprint density at radius 3 is 2.89 bits per heavy atom. The number of unbranched alkanes of at least 4 members (excludes halogenated alkanes) is 1. The Labute approximate surface area is 106 Å². The second-order valence-corrected chi connectivity index (χ2v) is 4.16. The minimum Gasteiger partial charge on any atom is -0.477 e. The number of benzene rings is 1. The third kappa shape index (κ3) is 2.59. The quantitative estimate of drug-likeness (QED) is 0.793. The zero-order valence-corrected chi connectivity index (χ0v) is 10.3. The monoisotopic (exact) mass is 244 g/mol. The van der Waals surface area contributed by atoms with Crippen molar-refractivity contribution in [3.8, 4) is 0 Å². The van der Waals surface area contributed by atoms with Crippen LogP contribution in [-0.2, 0) is 0 Å². The third-order valence-corrected chi connectivity index (χ3v) is 2.78. The Morgan fingerprint density at radius 1 is 1.39 bits per heavy atom. The number of fused-ring (bicyclic) bond motifs is 1. The van der Waals surface area contributed by atoms with Crippen LogP contribution in [0.1, 0.15) is 30.3 Å². The lowest BCUT2D eigenvalue weighted by Crippen LogP contribution is -2.07. The van der Waals surface area contributed by atoms with Gasteiger partial charge in [-0.1, -0.05) is 37.6 Å². The summed E-state index contributed by atoms with van der Waals surface area (Å²) in [6.45, 7) is 2.91. The van der Waals surface area contributed by atoms with E-state index >= 15 is 0 Å². The number of nitrogens with zero attached hydrogens (tertiary/aromatic N) is 1. The minimum absolute atomic E-state index is 0.0766. The summed E-state index contributed by atoms with van der Waals surface area (Å²) in [5, 5.41) is 14.1. The summed E-state index contributed by atoms with van der Waals surface area (Å²) in [5.74, 6) is -0.349. The number of aromatic carboxylic acids is 1. The van der Waals surface area contributed by atoms with E-state index in [1.165, 1.54) is 0 Å². The second-order valence-electron chi connectivity index (χ2n) is 4.16. The maximum absolute atomic E-state index is 11.0. The van der Waals surface area contributed by atoms with Gasteiger partial charge in [-0.15, -0.1) is 0 Å². The molecule has 0 aliphatic rings. The van der Waals surface area contributed by atoms with Gasteiger partial charge in [-0.2, -0.15) is 0 Å². The van der Waals surface area contributed by atoms with Gasteiger partial charge in [0.05, 0.1) is 0 Å². The number of carbonyl (C=O) groups is 1. The average Bonchev–Trinajstić information content (AvgIpc) is 2.38. The molecule has 4 heteroatoms. The molecule has 1 aromatic heterocycles. The molecule has 0 saturated heterocycles. The van der Waals surface area contributed by atoms with Crippen molar-refractivity contribution in [1.29, 1.82) is 0 Å². The van der Waals surface area contributed by atoms with Crippen LogP contribution >= 0.6 is 0 Å². The van der Waals surface area contributed by atoms with E-state index in [1.807, 2.05) is 24.3 Å². The number of anilines is 1. The Morgan fingerprint density at radius 2 is 2.17 bits per heavy atom. The van der Waals surface area contributed by atoms with Crippen LogP contribution in [0.15, 0.2) is 30.3 Å². The van der Waals surface area contributed by atoms with Gasteiger partial charge in [0.1, 0.15) is 5.82 Å². The lowest BCUT2D eigenvalue weighted by atomic mass is 10.1. The number of pyridine rings is 1. The van der Waals surface area contributed by atoms with E-state index in [1.54, 1.807) is 6.07 Å². The Balaban J connectivity index is 2.43. The van der Waals surface area contributed by atoms with E-state index in [-0.39, 0.29) is 5.69 Å². The van der Waals surface area contributed by atoms with Gasteiger partial charge >= 0.3 is 5.97 Å². The van der Waals surface area contributed by atoms with Crippen LogP contribution in [0.5, 0.6) is 0 Å². The van der Waals surface area contributed by atoms with Crippen LogP contribution in [0, 0.1) is 0 Å². The first kappa shape index (κ1) is 12.4. The lowest BCUT2D eigenvalue weighted by Gasteiger charge is -2.09. The second kappa shape index (κ2) is 5.49. The molecule has 0 unspecified atom stereocenters. The molecule has 0 fully saturated rings. The van der Waals surface area contributed by atoms with Gasteiger partial charge in [0, 0.05) is 11.9 Å². The van der Waals surface area contributed by atoms with Gasteiger partial charge in [0.2, 0.25) is 0 Å². The fraction of sp³-hybridized carbons (Fsp3) is 0.286. The molecule has 2 N–H and O–H groups in total. The molecule has 0 aliphatic carbocycles. The molecule has 2 aromatic rings. The molecular weight excluding hydrogens is 228 g/mol. The van der Waals surface area contributed by atoms with Crippen molar-refractivity contribution in [2.75, 3.05) is 11.9 Å². The standard InChI is InChI=1S/C14H16N2O2/c1-2-3-8-15-13-11-7-5-4-6-10(11)9-12(16-13)14(17)18/h4-7,9H,2-3,8H2,1H3,(H,15,16)(H,17,18). The van der Waals surface area contributed by atoms with Crippen molar-refractivity contribution in [3.63, 3.8) is 0 Å². The number of aromatic nitrogens is 1. The highest BCUT2D eigenvalue weighted by molar-refractivity contribution is 5.97. The summed E-state index contributed by atoms with van der Waals surface area (Å²) in [6, 6.07) is 9.26. The number of hydrogen-bond donors (Lipinski definition) is 2. The molecule has 4 nitrogen and oxygen atoms in total. The van der Waals surface area contributed by atoms with Crippen molar-refractivity contribution in [3.05, 3.63) is 36.0 Å². The molecule has 0 radical (unpaired) electrons. The van der Waals surface area contributed by atoms with Gasteiger partial charge in [-0.3, -0.25) is 0 Å². The molecular formula is C14H16N2O2. The predicted molar refractivity (Wildman–Crippen MR) is 72.1 cm³/mol. The normalized spacial score (nSPS) is 10.5. The highest BCUT2D eigenvalue weighted by atomic mass is 16.4. The van der Waals surface area contributed by atoms with Crippen molar-refractivity contribution < 1.29 is 9.90 Å². The van der Waals surface area contributed by atoms with Gasteiger partial charge in [0.25, 0.3) is 0 Å². The molecule has 0 spiro atoms. The molecule has 0 atom stereocenters. The summed E-state index contributed by atoms with van der Waals surface area (Å²) in [7, 11) is 0. The topological polar surface area (TPSA) is 62.2 Å². The maximum atomic E-state index is 11.0. The molecule has 2 rings (SSSR count). The van der Waals surface area contributed by atoms with Crippen molar-refractivity contribution in [1.82, 2.24) is 4.98 Å². The maximum Gasteiger partial charge on any atom is 0.354 e. The number of carboxylic acids is 1. The smallest absolute Gasteiger partial charge is 0.354 e. The molecule has 1 aromatic carbocycles. The van der Waals surface area contributed by atoms with E-state index in [2.05, 4.69) is 17.2 Å². The lowest BCUT2D eigenvalue weighted by molar-refractivity contribution is 0.0691. The van der Waals surface area contributed by atoms with E-state index in [4.69, 9.17) is 5.11 Å². The summed E-state index contributed by atoms with van der Waals surface area (Å²) in [4.78, 5) is 15.2. The highest BCUT2D eigenvalue weighted by Crippen LogP contribution is 2.22. The first-order valence-electron chi connectivity index (χ1n) is 6.09. The van der Waals surface area contributed by atoms with Crippen LogP contribution in [-0.4, -0.2) is 22.6 Å². The molecule has 0 aliphatic heterocycles. The van der Waals surface area contributed by atoms with Crippen LogP contribution in [0.2, 0.25) is 0 Å². The van der Waals surface area contributed by atoms with Crippen LogP contribution in [0.4, 0.5) is 5.82 Å². The summed E-state index contributed by atoms with van der Waals surface area (Å²) < 4.78 is 0. The van der Waals surface area contributed by atoms with Crippen molar-refractivity contribution in [2.45, 2.75) is 19.8 Å². The SMILES string of the molecule is CCCCNc1nc(C(=O)O)cc2ccccc12. The van der Waals surface area contributed by atoms with Crippen LogP contribution < -0.4 is 5.32 Å². The number of nitrogens with one attached hydrogen (secondary N) is 1. The van der Waals surface area contributed by atoms with Gasteiger partial charge in [-0.05, 0) is 17.9 Å². The predicted octanol–water partition coefficient (Wildman–Crippen LogP) is 3.15. The Kier molecular flexibility index (Phi) is 3.77. The fourth-order valence-electron chi connectivity index (χ4n) is 1.83. The van der Waals surface area contributed by atoms with Gasteiger partial charge < -0.3 is 10.4 Å². The molecule has 1 heterocycles. The molecule has 94 valence electrons. The summed E-state index contributed by atoms with van der Waals surface area (Å²) in [6.07, 6.45) is 2.12. The van der Waals surface area contributed by atoms with E-state index in [0.717, 1.165) is 30.2 Å². The van der Waals surface area contributed by atoms with Crippen LogP contribution in [0.3, 0.4) is 0 Å². The molecule has 0 bridgehead atoms. The van der Waals surface area contributed by atoms with E-state index < -0.39 is 5.97 Å².